The van der Waals surface area contributed by atoms with E-state index in [-0.39, 0.29) is 5.69 Å². The lowest BCUT2D eigenvalue weighted by molar-refractivity contribution is -0.385. The summed E-state index contributed by atoms with van der Waals surface area (Å²) in [5, 5.41) is 10.7. The van der Waals surface area contributed by atoms with E-state index in [1.165, 1.54) is 16.7 Å². The second kappa shape index (κ2) is 6.06. The molecular weight excluding hydrogens is 256 g/mol. The van der Waals surface area contributed by atoms with Gasteiger partial charge in [0, 0.05) is 12.5 Å². The second-order valence-electron chi connectivity index (χ2n) is 4.48. The van der Waals surface area contributed by atoms with Crippen LogP contribution in [0.3, 0.4) is 0 Å². The van der Waals surface area contributed by atoms with E-state index >= 15 is 0 Å². The topological polar surface area (TPSA) is 86.5 Å². The smallest absolute Gasteiger partial charge is 0.286 e. The maximum absolute atomic E-state index is 10.7. The number of nitrogen functional groups attached to an aromatic ring is 1. The van der Waals surface area contributed by atoms with Crippen molar-refractivity contribution >= 4 is 17.2 Å². The standard InChI is InChI=1S/C14H16N4O2/c1-2-3-4-5-6-7-12-14(15)17-10-11(18(19)20)8-9-13(17)16-12/h8-10H,2-5,15H2,1H3. The van der Waals surface area contributed by atoms with Gasteiger partial charge in [0.05, 0.1) is 11.1 Å². The molecule has 0 spiro atoms. The Labute approximate surface area is 116 Å². The first kappa shape index (κ1) is 13.9. The van der Waals surface area contributed by atoms with Crippen molar-refractivity contribution in [3.63, 3.8) is 0 Å². The molecule has 0 atom stereocenters. The van der Waals surface area contributed by atoms with Crippen molar-refractivity contribution in [1.82, 2.24) is 9.38 Å². The van der Waals surface area contributed by atoms with Gasteiger partial charge in [-0.25, -0.2) is 4.98 Å². The number of anilines is 1. The first-order chi connectivity index (χ1) is 9.63. The minimum atomic E-state index is -0.463. The van der Waals surface area contributed by atoms with E-state index < -0.39 is 4.92 Å². The van der Waals surface area contributed by atoms with E-state index in [0.717, 1.165) is 25.7 Å². The predicted octanol–water partition coefficient (Wildman–Crippen LogP) is 2.76. The Balaban J connectivity index is 2.27. The third-order valence-electron chi connectivity index (χ3n) is 2.96. The van der Waals surface area contributed by atoms with Gasteiger partial charge in [0.15, 0.2) is 5.69 Å². The number of imidazole rings is 1. The number of nitrogens with two attached hydrogens (primary N) is 1. The lowest BCUT2D eigenvalue weighted by atomic mass is 10.2. The highest BCUT2D eigenvalue weighted by atomic mass is 16.6. The molecule has 0 aromatic carbocycles. The van der Waals surface area contributed by atoms with Crippen LogP contribution in [0.1, 0.15) is 38.3 Å². The quantitative estimate of drug-likeness (QED) is 0.401. The van der Waals surface area contributed by atoms with Crippen LogP contribution in [0, 0.1) is 22.0 Å². The van der Waals surface area contributed by atoms with Gasteiger partial charge in [0.1, 0.15) is 11.5 Å². The molecule has 2 N–H and O–H groups in total. The van der Waals surface area contributed by atoms with Crippen molar-refractivity contribution in [2.75, 3.05) is 5.73 Å². The van der Waals surface area contributed by atoms with Crippen LogP contribution in [0.2, 0.25) is 0 Å². The molecule has 2 aromatic rings. The Morgan fingerprint density at radius 2 is 2.25 bits per heavy atom. The highest BCUT2D eigenvalue weighted by Crippen LogP contribution is 2.18. The lowest BCUT2D eigenvalue weighted by Crippen LogP contribution is -1.96. The van der Waals surface area contributed by atoms with Gasteiger partial charge in [0.2, 0.25) is 0 Å². The summed E-state index contributed by atoms with van der Waals surface area (Å²) in [7, 11) is 0. The molecule has 0 saturated carbocycles. The van der Waals surface area contributed by atoms with Gasteiger partial charge < -0.3 is 5.73 Å². The summed E-state index contributed by atoms with van der Waals surface area (Å²) < 4.78 is 1.49. The monoisotopic (exact) mass is 272 g/mol. The van der Waals surface area contributed by atoms with Crippen LogP contribution in [0.5, 0.6) is 0 Å². The van der Waals surface area contributed by atoms with Crippen molar-refractivity contribution in [3.8, 4) is 11.8 Å². The van der Waals surface area contributed by atoms with Gasteiger partial charge in [-0.15, -0.1) is 0 Å². The highest BCUT2D eigenvalue weighted by Gasteiger charge is 2.11. The largest absolute Gasteiger partial charge is 0.382 e. The summed E-state index contributed by atoms with van der Waals surface area (Å²) in [5.41, 5.74) is 6.94. The molecule has 0 aliphatic rings. The normalized spacial score (nSPS) is 10.2. The Morgan fingerprint density at radius 1 is 1.45 bits per heavy atom. The molecule has 6 heteroatoms. The molecule has 0 aliphatic heterocycles. The van der Waals surface area contributed by atoms with Crippen molar-refractivity contribution in [1.29, 1.82) is 0 Å². The average molecular weight is 272 g/mol. The number of aromatic nitrogens is 2. The molecule has 0 aliphatic carbocycles. The Kier molecular flexibility index (Phi) is 4.20. The molecule has 2 aromatic heterocycles. The molecular formula is C14H16N4O2. The minimum absolute atomic E-state index is 0.0240. The molecule has 2 rings (SSSR count). The van der Waals surface area contributed by atoms with Crippen LogP contribution < -0.4 is 5.73 Å². The van der Waals surface area contributed by atoms with Gasteiger partial charge >= 0.3 is 0 Å². The molecule has 0 radical (unpaired) electrons. The van der Waals surface area contributed by atoms with E-state index in [2.05, 4.69) is 23.7 Å². The summed E-state index contributed by atoms with van der Waals surface area (Å²) in [4.78, 5) is 14.5. The zero-order valence-electron chi connectivity index (χ0n) is 11.3. The van der Waals surface area contributed by atoms with Crippen LogP contribution in [0.15, 0.2) is 18.3 Å². The van der Waals surface area contributed by atoms with Gasteiger partial charge in [-0.3, -0.25) is 14.5 Å². The molecule has 0 bridgehead atoms. The number of hydrogen-bond acceptors (Lipinski definition) is 4. The number of hydrogen-bond donors (Lipinski definition) is 1. The number of nitro groups is 1. The first-order valence-corrected chi connectivity index (χ1v) is 6.54. The van der Waals surface area contributed by atoms with Gasteiger partial charge in [0.25, 0.3) is 5.69 Å². The molecule has 0 amide bonds. The van der Waals surface area contributed by atoms with Crippen LogP contribution >= 0.6 is 0 Å². The van der Waals surface area contributed by atoms with E-state index in [4.69, 9.17) is 5.73 Å². The number of rotatable bonds is 4. The summed E-state index contributed by atoms with van der Waals surface area (Å²) in [6.07, 6.45) is 5.53. The van der Waals surface area contributed by atoms with Crippen LogP contribution in [0.25, 0.3) is 5.65 Å². The van der Waals surface area contributed by atoms with Gasteiger partial charge in [-0.05, 0) is 18.4 Å². The van der Waals surface area contributed by atoms with Crippen molar-refractivity contribution in [2.45, 2.75) is 32.6 Å². The first-order valence-electron chi connectivity index (χ1n) is 6.54. The molecule has 0 unspecified atom stereocenters. The van der Waals surface area contributed by atoms with E-state index in [9.17, 15) is 10.1 Å². The maximum atomic E-state index is 10.7. The second-order valence-corrected chi connectivity index (χ2v) is 4.48. The average Bonchev–Trinajstić information content (AvgIpc) is 2.75. The predicted molar refractivity (Wildman–Crippen MR) is 77.3 cm³/mol. The van der Waals surface area contributed by atoms with Gasteiger partial charge in [-0.1, -0.05) is 25.7 Å². The number of unbranched alkanes of at least 4 members (excludes halogenated alkanes) is 3. The Morgan fingerprint density at radius 3 is 2.95 bits per heavy atom. The molecule has 6 nitrogen and oxygen atoms in total. The fourth-order valence-corrected chi connectivity index (χ4v) is 1.86. The molecule has 20 heavy (non-hydrogen) atoms. The molecule has 2 heterocycles. The van der Waals surface area contributed by atoms with E-state index in [1.54, 1.807) is 6.07 Å². The zero-order valence-corrected chi connectivity index (χ0v) is 11.3. The van der Waals surface area contributed by atoms with Crippen LogP contribution in [-0.2, 0) is 0 Å². The van der Waals surface area contributed by atoms with Crippen molar-refractivity contribution in [2.24, 2.45) is 0 Å². The van der Waals surface area contributed by atoms with Crippen LogP contribution in [-0.4, -0.2) is 14.3 Å². The molecule has 0 fully saturated rings. The minimum Gasteiger partial charge on any atom is -0.382 e. The van der Waals surface area contributed by atoms with Crippen LogP contribution in [0.4, 0.5) is 11.5 Å². The van der Waals surface area contributed by atoms with E-state index in [0.29, 0.717) is 17.2 Å². The zero-order chi connectivity index (χ0) is 14.5. The summed E-state index contributed by atoms with van der Waals surface area (Å²) >= 11 is 0. The Bertz CT molecular complexity index is 694. The SMILES string of the molecule is CCCCCC#Cc1nc2ccc([N+](=O)[O-])cn2c1N. The third-order valence-corrected chi connectivity index (χ3v) is 2.96. The summed E-state index contributed by atoms with van der Waals surface area (Å²) in [6, 6.07) is 2.97. The van der Waals surface area contributed by atoms with Crippen molar-refractivity contribution < 1.29 is 4.92 Å². The molecule has 0 saturated heterocycles. The maximum Gasteiger partial charge on any atom is 0.286 e. The van der Waals surface area contributed by atoms with E-state index in [1.807, 2.05) is 0 Å². The number of nitrogens with zero attached hydrogens (tertiary/aromatic N) is 3. The highest BCUT2D eigenvalue weighted by molar-refractivity contribution is 5.59. The fourth-order valence-electron chi connectivity index (χ4n) is 1.86. The Hall–Kier alpha value is -2.55. The van der Waals surface area contributed by atoms with Crippen molar-refractivity contribution in [3.05, 3.63) is 34.1 Å². The fraction of sp³-hybridized carbons (Fsp3) is 0.357. The number of fused-ring (bicyclic) bond motifs is 1. The third kappa shape index (κ3) is 2.88. The summed E-state index contributed by atoms with van der Waals surface area (Å²) in [6.45, 7) is 2.14. The number of pyridine rings is 1. The molecule has 104 valence electrons. The summed E-state index contributed by atoms with van der Waals surface area (Å²) in [5.74, 6) is 6.31. The van der Waals surface area contributed by atoms with Gasteiger partial charge in [-0.2, -0.15) is 0 Å². The lowest BCUT2D eigenvalue weighted by Gasteiger charge is -1.95.